The van der Waals surface area contributed by atoms with E-state index in [1.54, 1.807) is 43.3 Å². The summed E-state index contributed by atoms with van der Waals surface area (Å²) < 4.78 is 15.8. The summed E-state index contributed by atoms with van der Waals surface area (Å²) in [6.07, 6.45) is 0. The van der Waals surface area contributed by atoms with Crippen molar-refractivity contribution in [1.29, 1.82) is 0 Å². The van der Waals surface area contributed by atoms with Gasteiger partial charge in [0.25, 0.3) is 5.91 Å². The number of hydrogen-bond acceptors (Lipinski definition) is 4. The third-order valence-electron chi connectivity index (χ3n) is 3.39. The fourth-order valence-electron chi connectivity index (χ4n) is 2.21. The van der Waals surface area contributed by atoms with Crippen LogP contribution in [-0.2, 0) is 0 Å². The van der Waals surface area contributed by atoms with E-state index in [4.69, 9.17) is 14.2 Å². The van der Waals surface area contributed by atoms with Crippen LogP contribution in [0.25, 0.3) is 0 Å². The normalized spacial score (nSPS) is 12.1. The molecule has 5 nitrogen and oxygen atoms in total. The van der Waals surface area contributed by atoms with Gasteiger partial charge in [-0.15, -0.1) is 0 Å². The van der Waals surface area contributed by atoms with Gasteiger partial charge in [0, 0.05) is 18.8 Å². The van der Waals surface area contributed by atoms with Crippen LogP contribution in [0.4, 0.5) is 5.69 Å². The van der Waals surface area contributed by atoms with Crippen LogP contribution in [-0.4, -0.2) is 26.9 Å². The number of amides is 1. The third kappa shape index (κ3) is 2.38. The van der Waals surface area contributed by atoms with Crippen molar-refractivity contribution in [2.75, 3.05) is 25.9 Å². The van der Waals surface area contributed by atoms with Gasteiger partial charge in [-0.2, -0.15) is 0 Å². The van der Waals surface area contributed by atoms with Gasteiger partial charge in [0.1, 0.15) is 5.75 Å². The van der Waals surface area contributed by atoms with E-state index in [1.807, 2.05) is 18.2 Å². The molecule has 0 N–H and O–H groups in total. The molecule has 2 aromatic rings. The number of rotatable bonds is 3. The molecule has 108 valence electrons. The van der Waals surface area contributed by atoms with Crippen LogP contribution in [0, 0.1) is 0 Å². The average Bonchev–Trinajstić information content (AvgIpc) is 3.00. The van der Waals surface area contributed by atoms with Crippen molar-refractivity contribution in [3.05, 3.63) is 48.0 Å². The SMILES string of the molecule is COc1ccccc1C(=O)N(C)c1ccc2c(c1)OCO2. The number of nitrogens with zero attached hydrogens (tertiary/aromatic N) is 1. The van der Waals surface area contributed by atoms with Gasteiger partial charge in [0.2, 0.25) is 6.79 Å². The highest BCUT2D eigenvalue weighted by molar-refractivity contribution is 6.07. The van der Waals surface area contributed by atoms with Crippen LogP contribution in [0.5, 0.6) is 17.2 Å². The number of hydrogen-bond donors (Lipinski definition) is 0. The van der Waals surface area contributed by atoms with E-state index >= 15 is 0 Å². The topological polar surface area (TPSA) is 48.0 Å². The Hall–Kier alpha value is -2.69. The second-order valence-corrected chi connectivity index (χ2v) is 4.60. The van der Waals surface area contributed by atoms with Gasteiger partial charge >= 0.3 is 0 Å². The molecular weight excluding hydrogens is 270 g/mol. The highest BCUT2D eigenvalue weighted by Crippen LogP contribution is 2.35. The van der Waals surface area contributed by atoms with E-state index in [2.05, 4.69) is 0 Å². The smallest absolute Gasteiger partial charge is 0.261 e. The molecule has 21 heavy (non-hydrogen) atoms. The van der Waals surface area contributed by atoms with Crippen molar-refractivity contribution in [3.8, 4) is 17.2 Å². The Morgan fingerprint density at radius 2 is 1.90 bits per heavy atom. The lowest BCUT2D eigenvalue weighted by atomic mass is 10.1. The molecule has 0 atom stereocenters. The molecule has 1 heterocycles. The first-order valence-corrected chi connectivity index (χ1v) is 6.51. The van der Waals surface area contributed by atoms with Crippen molar-refractivity contribution in [1.82, 2.24) is 0 Å². The minimum absolute atomic E-state index is 0.147. The standard InChI is InChI=1S/C16H15NO4/c1-17(11-7-8-14-15(9-11)21-10-20-14)16(18)12-5-3-4-6-13(12)19-2/h3-9H,10H2,1-2H3. The summed E-state index contributed by atoms with van der Waals surface area (Å²) in [6.45, 7) is 0.211. The molecule has 1 aliphatic rings. The number of benzene rings is 2. The summed E-state index contributed by atoms with van der Waals surface area (Å²) in [5.74, 6) is 1.74. The van der Waals surface area contributed by atoms with E-state index in [-0.39, 0.29) is 12.7 Å². The van der Waals surface area contributed by atoms with Gasteiger partial charge in [-0.3, -0.25) is 4.79 Å². The number of ether oxygens (including phenoxy) is 3. The van der Waals surface area contributed by atoms with Crippen LogP contribution in [0.15, 0.2) is 42.5 Å². The Bertz CT molecular complexity index is 684. The molecule has 0 spiro atoms. The van der Waals surface area contributed by atoms with E-state index in [0.717, 1.165) is 5.69 Å². The maximum Gasteiger partial charge on any atom is 0.261 e. The molecule has 0 bridgehead atoms. The predicted molar refractivity (Wildman–Crippen MR) is 78.3 cm³/mol. The lowest BCUT2D eigenvalue weighted by Gasteiger charge is -2.19. The number of carbonyl (C=O) groups excluding carboxylic acids is 1. The first kappa shape index (κ1) is 13.3. The minimum atomic E-state index is -0.147. The second kappa shape index (κ2) is 5.36. The van der Waals surface area contributed by atoms with E-state index in [1.165, 1.54) is 0 Å². The predicted octanol–water partition coefficient (Wildman–Crippen LogP) is 2.70. The monoisotopic (exact) mass is 285 g/mol. The maximum atomic E-state index is 12.6. The lowest BCUT2D eigenvalue weighted by molar-refractivity contribution is 0.0990. The molecule has 0 saturated heterocycles. The number of carbonyl (C=O) groups is 1. The summed E-state index contributed by atoms with van der Waals surface area (Å²) in [5.41, 5.74) is 1.25. The second-order valence-electron chi connectivity index (χ2n) is 4.60. The minimum Gasteiger partial charge on any atom is -0.496 e. The van der Waals surface area contributed by atoms with Gasteiger partial charge in [0.05, 0.1) is 12.7 Å². The zero-order valence-corrected chi connectivity index (χ0v) is 11.8. The zero-order chi connectivity index (χ0) is 14.8. The van der Waals surface area contributed by atoms with E-state index in [0.29, 0.717) is 22.8 Å². The molecule has 1 aliphatic heterocycles. The Balaban J connectivity index is 1.91. The Morgan fingerprint density at radius 1 is 1.14 bits per heavy atom. The number of anilines is 1. The molecule has 5 heteroatoms. The van der Waals surface area contributed by atoms with Gasteiger partial charge in [-0.25, -0.2) is 0 Å². The van der Waals surface area contributed by atoms with Crippen molar-refractivity contribution in [2.24, 2.45) is 0 Å². The van der Waals surface area contributed by atoms with Crippen molar-refractivity contribution >= 4 is 11.6 Å². The fourth-order valence-corrected chi connectivity index (χ4v) is 2.21. The Kier molecular flexibility index (Phi) is 3.39. The molecule has 0 fully saturated rings. The number of methoxy groups -OCH3 is 1. The van der Waals surface area contributed by atoms with Crippen LogP contribution in [0.3, 0.4) is 0 Å². The van der Waals surface area contributed by atoms with Gasteiger partial charge in [-0.1, -0.05) is 12.1 Å². The first-order valence-electron chi connectivity index (χ1n) is 6.51. The fraction of sp³-hybridized carbons (Fsp3) is 0.188. The summed E-state index contributed by atoms with van der Waals surface area (Å²) in [4.78, 5) is 14.2. The van der Waals surface area contributed by atoms with Crippen LogP contribution >= 0.6 is 0 Å². The first-order chi connectivity index (χ1) is 10.2. The molecule has 0 unspecified atom stereocenters. The molecule has 0 aliphatic carbocycles. The van der Waals surface area contributed by atoms with E-state index in [9.17, 15) is 4.79 Å². The molecule has 1 amide bonds. The highest BCUT2D eigenvalue weighted by Gasteiger charge is 2.20. The number of fused-ring (bicyclic) bond motifs is 1. The summed E-state index contributed by atoms with van der Waals surface area (Å²) in [6, 6.07) is 12.5. The molecule has 0 radical (unpaired) electrons. The largest absolute Gasteiger partial charge is 0.496 e. The van der Waals surface area contributed by atoms with Crippen LogP contribution in [0.1, 0.15) is 10.4 Å². The quantitative estimate of drug-likeness (QED) is 0.870. The van der Waals surface area contributed by atoms with Crippen molar-refractivity contribution in [3.63, 3.8) is 0 Å². The zero-order valence-electron chi connectivity index (χ0n) is 11.8. The lowest BCUT2D eigenvalue weighted by Crippen LogP contribution is -2.26. The molecule has 2 aromatic carbocycles. The Morgan fingerprint density at radius 3 is 2.71 bits per heavy atom. The van der Waals surface area contributed by atoms with Gasteiger partial charge < -0.3 is 19.1 Å². The molecule has 3 rings (SSSR count). The Labute approximate surface area is 122 Å². The number of para-hydroxylation sites is 1. The summed E-state index contributed by atoms with van der Waals surface area (Å²) >= 11 is 0. The van der Waals surface area contributed by atoms with Crippen LogP contribution < -0.4 is 19.1 Å². The van der Waals surface area contributed by atoms with E-state index < -0.39 is 0 Å². The summed E-state index contributed by atoms with van der Waals surface area (Å²) in [5, 5.41) is 0. The van der Waals surface area contributed by atoms with Crippen molar-refractivity contribution in [2.45, 2.75) is 0 Å². The molecular formula is C16H15NO4. The molecule has 0 saturated carbocycles. The van der Waals surface area contributed by atoms with Crippen LogP contribution in [0.2, 0.25) is 0 Å². The highest BCUT2D eigenvalue weighted by atomic mass is 16.7. The van der Waals surface area contributed by atoms with Gasteiger partial charge in [0.15, 0.2) is 11.5 Å². The average molecular weight is 285 g/mol. The summed E-state index contributed by atoms with van der Waals surface area (Å²) in [7, 11) is 3.26. The van der Waals surface area contributed by atoms with Gasteiger partial charge in [-0.05, 0) is 24.3 Å². The third-order valence-corrected chi connectivity index (χ3v) is 3.39. The maximum absolute atomic E-state index is 12.6. The van der Waals surface area contributed by atoms with Crippen molar-refractivity contribution < 1.29 is 19.0 Å². The molecule has 0 aromatic heterocycles.